The number of alkyl halides is 3. The SMILES string of the molecule is Cc1c(Cl)cccc1C(=O)N(CCBr)CC(F)F. The fraction of sp³-hybridized carbons (Fsp3) is 0.417. The van der Waals surface area contributed by atoms with Gasteiger partial charge in [-0.2, -0.15) is 0 Å². The molecule has 1 rings (SSSR count). The zero-order valence-corrected chi connectivity index (χ0v) is 12.1. The van der Waals surface area contributed by atoms with E-state index in [1.54, 1.807) is 25.1 Å². The van der Waals surface area contributed by atoms with Crippen LogP contribution in [-0.2, 0) is 0 Å². The minimum Gasteiger partial charge on any atom is -0.332 e. The van der Waals surface area contributed by atoms with Crippen LogP contribution < -0.4 is 0 Å². The Kier molecular flexibility index (Phi) is 6.02. The van der Waals surface area contributed by atoms with Crippen LogP contribution in [-0.4, -0.2) is 35.7 Å². The van der Waals surface area contributed by atoms with Crippen LogP contribution in [0.15, 0.2) is 18.2 Å². The van der Waals surface area contributed by atoms with E-state index in [0.29, 0.717) is 21.5 Å². The normalized spacial score (nSPS) is 10.8. The first-order chi connectivity index (χ1) is 8.47. The minimum atomic E-state index is -2.55. The monoisotopic (exact) mass is 339 g/mol. The molecule has 0 aliphatic carbocycles. The topological polar surface area (TPSA) is 20.3 Å². The number of benzene rings is 1. The Morgan fingerprint density at radius 2 is 2.17 bits per heavy atom. The molecule has 0 atom stereocenters. The first-order valence-electron chi connectivity index (χ1n) is 5.36. The molecule has 0 spiro atoms. The summed E-state index contributed by atoms with van der Waals surface area (Å²) in [5.74, 6) is -0.422. The largest absolute Gasteiger partial charge is 0.332 e. The van der Waals surface area contributed by atoms with Gasteiger partial charge in [0.1, 0.15) is 0 Å². The van der Waals surface area contributed by atoms with Crippen LogP contribution in [0.1, 0.15) is 15.9 Å². The standard InChI is InChI=1S/C12H13BrClF2NO/c1-8-9(3-2-4-10(8)14)12(18)17(6-5-13)7-11(15)16/h2-4,11H,5-7H2,1H3. The predicted molar refractivity (Wildman–Crippen MR) is 71.9 cm³/mol. The quantitative estimate of drug-likeness (QED) is 0.748. The van der Waals surface area contributed by atoms with Gasteiger partial charge in [0.15, 0.2) is 0 Å². The molecule has 0 saturated carbocycles. The molecule has 0 saturated heterocycles. The van der Waals surface area contributed by atoms with Crippen molar-refractivity contribution in [1.82, 2.24) is 4.90 Å². The Morgan fingerprint density at radius 1 is 1.50 bits per heavy atom. The molecule has 0 N–H and O–H groups in total. The fourth-order valence-electron chi connectivity index (χ4n) is 1.55. The average molecular weight is 341 g/mol. The smallest absolute Gasteiger partial charge is 0.255 e. The lowest BCUT2D eigenvalue weighted by Crippen LogP contribution is -2.36. The second kappa shape index (κ2) is 7.04. The fourth-order valence-corrected chi connectivity index (χ4v) is 2.16. The molecule has 0 heterocycles. The first kappa shape index (κ1) is 15.4. The molecule has 0 bridgehead atoms. The molecular formula is C12H13BrClF2NO. The van der Waals surface area contributed by atoms with E-state index in [2.05, 4.69) is 15.9 Å². The highest BCUT2D eigenvalue weighted by atomic mass is 79.9. The van der Waals surface area contributed by atoms with Gasteiger partial charge in [0.25, 0.3) is 12.3 Å². The molecule has 2 nitrogen and oxygen atoms in total. The van der Waals surface area contributed by atoms with Gasteiger partial charge in [-0.15, -0.1) is 0 Å². The molecule has 0 aromatic heterocycles. The van der Waals surface area contributed by atoms with Crippen molar-refractivity contribution in [2.45, 2.75) is 13.3 Å². The van der Waals surface area contributed by atoms with Crippen LogP contribution >= 0.6 is 27.5 Å². The average Bonchev–Trinajstić information content (AvgIpc) is 2.31. The van der Waals surface area contributed by atoms with Crippen LogP contribution in [0.25, 0.3) is 0 Å². The zero-order valence-electron chi connectivity index (χ0n) is 9.80. The summed E-state index contributed by atoms with van der Waals surface area (Å²) in [7, 11) is 0. The third-order valence-electron chi connectivity index (χ3n) is 2.50. The van der Waals surface area contributed by atoms with Crippen molar-refractivity contribution >= 4 is 33.4 Å². The Balaban J connectivity index is 2.98. The maximum Gasteiger partial charge on any atom is 0.255 e. The predicted octanol–water partition coefficient (Wildman–Crippen LogP) is 3.75. The molecule has 0 aliphatic heterocycles. The number of hydrogen-bond donors (Lipinski definition) is 0. The molecule has 0 aliphatic rings. The van der Waals surface area contributed by atoms with Gasteiger partial charge in [-0.25, -0.2) is 8.78 Å². The number of hydrogen-bond acceptors (Lipinski definition) is 1. The Hall–Kier alpha value is -0.680. The molecule has 6 heteroatoms. The van der Waals surface area contributed by atoms with Gasteiger partial charge >= 0.3 is 0 Å². The van der Waals surface area contributed by atoms with Gasteiger partial charge < -0.3 is 4.90 Å². The zero-order chi connectivity index (χ0) is 13.7. The summed E-state index contributed by atoms with van der Waals surface area (Å²) in [6.45, 7) is 1.36. The molecule has 1 aromatic carbocycles. The van der Waals surface area contributed by atoms with Gasteiger partial charge in [-0.3, -0.25) is 4.79 Å². The maximum absolute atomic E-state index is 12.4. The van der Waals surface area contributed by atoms with Crippen molar-refractivity contribution in [2.75, 3.05) is 18.4 Å². The Labute approximate surface area is 118 Å². The Morgan fingerprint density at radius 3 is 2.72 bits per heavy atom. The number of amides is 1. The summed E-state index contributed by atoms with van der Waals surface area (Å²) >= 11 is 9.07. The van der Waals surface area contributed by atoms with Crippen molar-refractivity contribution in [3.63, 3.8) is 0 Å². The second-order valence-electron chi connectivity index (χ2n) is 3.74. The summed E-state index contributed by atoms with van der Waals surface area (Å²) in [4.78, 5) is 13.3. The summed E-state index contributed by atoms with van der Waals surface area (Å²) in [5.41, 5.74) is 0.974. The number of carbonyl (C=O) groups excluding carboxylic acids is 1. The van der Waals surface area contributed by atoms with E-state index in [4.69, 9.17) is 11.6 Å². The van der Waals surface area contributed by atoms with Crippen LogP contribution in [0.3, 0.4) is 0 Å². The summed E-state index contributed by atoms with van der Waals surface area (Å²) < 4.78 is 24.9. The minimum absolute atomic E-state index is 0.231. The van der Waals surface area contributed by atoms with Crippen LogP contribution in [0.4, 0.5) is 8.78 Å². The third-order valence-corrected chi connectivity index (χ3v) is 3.26. The van der Waals surface area contributed by atoms with Crippen LogP contribution in [0.5, 0.6) is 0 Å². The summed E-state index contributed by atoms with van der Waals surface area (Å²) in [5, 5.41) is 0.905. The van der Waals surface area contributed by atoms with Crippen molar-refractivity contribution < 1.29 is 13.6 Å². The van der Waals surface area contributed by atoms with Crippen LogP contribution in [0.2, 0.25) is 5.02 Å². The van der Waals surface area contributed by atoms with E-state index in [-0.39, 0.29) is 6.54 Å². The van der Waals surface area contributed by atoms with Gasteiger partial charge in [0, 0.05) is 22.5 Å². The molecule has 1 amide bonds. The summed E-state index contributed by atoms with van der Waals surface area (Å²) in [6.07, 6.45) is -2.55. The molecule has 0 unspecified atom stereocenters. The van der Waals surface area contributed by atoms with Crippen molar-refractivity contribution in [1.29, 1.82) is 0 Å². The summed E-state index contributed by atoms with van der Waals surface area (Å²) in [6, 6.07) is 4.89. The van der Waals surface area contributed by atoms with E-state index in [1.165, 1.54) is 0 Å². The van der Waals surface area contributed by atoms with Crippen molar-refractivity contribution in [3.05, 3.63) is 34.3 Å². The van der Waals surface area contributed by atoms with E-state index in [9.17, 15) is 13.6 Å². The van der Waals surface area contributed by atoms with Gasteiger partial charge in [-0.05, 0) is 24.6 Å². The number of rotatable bonds is 5. The van der Waals surface area contributed by atoms with E-state index >= 15 is 0 Å². The molecular weight excluding hydrogens is 327 g/mol. The maximum atomic E-state index is 12.4. The van der Waals surface area contributed by atoms with Crippen molar-refractivity contribution in [2.24, 2.45) is 0 Å². The molecule has 18 heavy (non-hydrogen) atoms. The van der Waals surface area contributed by atoms with Gasteiger partial charge in [0.05, 0.1) is 6.54 Å². The molecule has 0 radical (unpaired) electrons. The lowest BCUT2D eigenvalue weighted by atomic mass is 10.1. The number of nitrogens with zero attached hydrogens (tertiary/aromatic N) is 1. The highest BCUT2D eigenvalue weighted by Crippen LogP contribution is 2.20. The second-order valence-corrected chi connectivity index (χ2v) is 4.94. The van der Waals surface area contributed by atoms with Crippen LogP contribution in [0, 0.1) is 6.92 Å². The lowest BCUT2D eigenvalue weighted by Gasteiger charge is -2.22. The molecule has 100 valence electrons. The van der Waals surface area contributed by atoms with Gasteiger partial charge in [0.2, 0.25) is 0 Å². The van der Waals surface area contributed by atoms with E-state index < -0.39 is 18.9 Å². The van der Waals surface area contributed by atoms with E-state index in [1.807, 2.05) is 0 Å². The molecule has 0 fully saturated rings. The lowest BCUT2D eigenvalue weighted by molar-refractivity contribution is 0.0572. The van der Waals surface area contributed by atoms with Gasteiger partial charge in [-0.1, -0.05) is 33.6 Å². The Bertz CT molecular complexity index is 429. The van der Waals surface area contributed by atoms with E-state index in [0.717, 1.165) is 4.90 Å². The number of carbonyl (C=O) groups is 1. The third kappa shape index (κ3) is 3.92. The highest BCUT2D eigenvalue weighted by molar-refractivity contribution is 9.09. The van der Waals surface area contributed by atoms with Crippen molar-refractivity contribution in [3.8, 4) is 0 Å². The number of halogens is 4. The first-order valence-corrected chi connectivity index (χ1v) is 6.85. The molecule has 1 aromatic rings. The highest BCUT2D eigenvalue weighted by Gasteiger charge is 2.21.